The molecule has 0 amide bonds. The van der Waals surface area contributed by atoms with Gasteiger partial charge in [-0.05, 0) is 45.3 Å². The van der Waals surface area contributed by atoms with Gasteiger partial charge in [-0.2, -0.15) is 0 Å². The van der Waals surface area contributed by atoms with Gasteiger partial charge in [0.2, 0.25) is 0 Å². The van der Waals surface area contributed by atoms with Crippen LogP contribution < -0.4 is 5.46 Å². The summed E-state index contributed by atoms with van der Waals surface area (Å²) in [5.41, 5.74) is 0.456. The standard InChI is InChI=1S/C15H20BClO3/c1-6-13(18)11-8-7-10(17)9-12(11)16-19-14(2,3)15(4,5)20-16/h7-9H,6H2,1-5H3. The first-order valence-corrected chi connectivity index (χ1v) is 7.24. The topological polar surface area (TPSA) is 35.5 Å². The molecule has 1 aromatic rings. The molecule has 0 radical (unpaired) electrons. The van der Waals surface area contributed by atoms with E-state index in [9.17, 15) is 4.79 Å². The van der Waals surface area contributed by atoms with Gasteiger partial charge in [0.25, 0.3) is 0 Å². The van der Waals surface area contributed by atoms with E-state index in [4.69, 9.17) is 20.9 Å². The van der Waals surface area contributed by atoms with Gasteiger partial charge < -0.3 is 9.31 Å². The summed E-state index contributed by atoms with van der Waals surface area (Å²) in [6.45, 7) is 9.78. The summed E-state index contributed by atoms with van der Waals surface area (Å²) in [4.78, 5) is 12.1. The van der Waals surface area contributed by atoms with Crippen molar-refractivity contribution in [1.82, 2.24) is 0 Å². The number of Topliss-reactive ketones (excluding diaryl/α,β-unsaturated/α-hetero) is 1. The Balaban J connectivity index is 2.44. The molecular weight excluding hydrogens is 274 g/mol. The van der Waals surface area contributed by atoms with Crippen molar-refractivity contribution in [2.24, 2.45) is 0 Å². The van der Waals surface area contributed by atoms with Crippen LogP contribution >= 0.6 is 11.6 Å². The van der Waals surface area contributed by atoms with Crippen molar-refractivity contribution in [1.29, 1.82) is 0 Å². The van der Waals surface area contributed by atoms with Crippen molar-refractivity contribution >= 4 is 30.0 Å². The quantitative estimate of drug-likeness (QED) is 0.634. The summed E-state index contributed by atoms with van der Waals surface area (Å²) in [6, 6.07) is 5.22. The van der Waals surface area contributed by atoms with Crippen LogP contribution in [0.3, 0.4) is 0 Å². The van der Waals surface area contributed by atoms with Crippen LogP contribution in [0.15, 0.2) is 18.2 Å². The third-order valence-electron chi connectivity index (χ3n) is 4.14. The molecule has 0 spiro atoms. The van der Waals surface area contributed by atoms with Crippen molar-refractivity contribution in [2.75, 3.05) is 0 Å². The summed E-state index contributed by atoms with van der Waals surface area (Å²) >= 11 is 6.06. The zero-order valence-corrected chi connectivity index (χ0v) is 13.4. The summed E-state index contributed by atoms with van der Waals surface area (Å²) in [7, 11) is -0.566. The van der Waals surface area contributed by atoms with Crippen LogP contribution in [-0.4, -0.2) is 24.1 Å². The summed E-state index contributed by atoms with van der Waals surface area (Å²) < 4.78 is 12.0. The van der Waals surface area contributed by atoms with Crippen molar-refractivity contribution in [2.45, 2.75) is 52.2 Å². The summed E-state index contributed by atoms with van der Waals surface area (Å²) in [5, 5.41) is 0.572. The predicted octanol–water partition coefficient (Wildman–Crippen LogP) is 3.23. The van der Waals surface area contributed by atoms with Crippen LogP contribution in [0.5, 0.6) is 0 Å². The molecule has 3 nitrogen and oxygen atoms in total. The van der Waals surface area contributed by atoms with Gasteiger partial charge >= 0.3 is 7.12 Å². The highest BCUT2D eigenvalue weighted by Gasteiger charge is 2.52. The lowest BCUT2D eigenvalue weighted by Crippen LogP contribution is -2.41. The number of carbonyl (C=O) groups excluding carboxylic acids is 1. The second-order valence-electron chi connectivity index (χ2n) is 6.10. The molecule has 5 heteroatoms. The largest absolute Gasteiger partial charge is 0.495 e. The number of carbonyl (C=O) groups is 1. The van der Waals surface area contributed by atoms with E-state index in [0.29, 0.717) is 22.5 Å². The molecule has 1 heterocycles. The Hall–Kier alpha value is -0.835. The zero-order chi connectivity index (χ0) is 15.1. The molecule has 1 saturated heterocycles. The van der Waals surface area contributed by atoms with Gasteiger partial charge in [-0.1, -0.05) is 24.6 Å². The third kappa shape index (κ3) is 2.65. The zero-order valence-electron chi connectivity index (χ0n) is 12.6. The molecular formula is C15H20BClO3. The molecule has 0 atom stereocenters. The highest BCUT2D eigenvalue weighted by atomic mass is 35.5. The van der Waals surface area contributed by atoms with Gasteiger partial charge in [-0.25, -0.2) is 0 Å². The smallest absolute Gasteiger partial charge is 0.399 e. The average Bonchev–Trinajstić information content (AvgIpc) is 2.57. The van der Waals surface area contributed by atoms with Gasteiger partial charge in [0.15, 0.2) is 5.78 Å². The van der Waals surface area contributed by atoms with E-state index >= 15 is 0 Å². The van der Waals surface area contributed by atoms with Crippen LogP contribution in [-0.2, 0) is 9.31 Å². The highest BCUT2D eigenvalue weighted by molar-refractivity contribution is 6.64. The normalized spacial score (nSPS) is 20.2. The van der Waals surface area contributed by atoms with E-state index in [2.05, 4.69) is 0 Å². The Morgan fingerprint density at radius 3 is 2.25 bits per heavy atom. The predicted molar refractivity (Wildman–Crippen MR) is 81.8 cm³/mol. The number of hydrogen-bond acceptors (Lipinski definition) is 3. The molecule has 0 aliphatic carbocycles. The fraction of sp³-hybridized carbons (Fsp3) is 0.533. The average molecular weight is 295 g/mol. The SMILES string of the molecule is CCC(=O)c1ccc(Cl)cc1B1OC(C)(C)C(C)(C)O1. The van der Waals surface area contributed by atoms with Gasteiger partial charge in [-0.15, -0.1) is 0 Å². The van der Waals surface area contributed by atoms with E-state index in [1.165, 1.54) is 0 Å². The van der Waals surface area contributed by atoms with Gasteiger partial charge in [0, 0.05) is 17.0 Å². The number of ketones is 1. The Morgan fingerprint density at radius 2 is 1.75 bits per heavy atom. The number of halogens is 1. The van der Waals surface area contributed by atoms with Crippen molar-refractivity contribution in [3.63, 3.8) is 0 Å². The van der Waals surface area contributed by atoms with E-state index < -0.39 is 18.3 Å². The molecule has 2 rings (SSSR count). The molecule has 20 heavy (non-hydrogen) atoms. The lowest BCUT2D eigenvalue weighted by molar-refractivity contribution is 0.00578. The van der Waals surface area contributed by atoms with Gasteiger partial charge in [-0.3, -0.25) is 4.79 Å². The first-order chi connectivity index (χ1) is 9.18. The summed E-state index contributed by atoms with van der Waals surface area (Å²) in [5.74, 6) is 0.0615. The van der Waals surface area contributed by atoms with E-state index in [1.807, 2.05) is 34.6 Å². The molecule has 0 aromatic heterocycles. The van der Waals surface area contributed by atoms with Crippen LogP contribution in [0, 0.1) is 0 Å². The first kappa shape index (κ1) is 15.6. The number of rotatable bonds is 3. The molecule has 1 fully saturated rings. The first-order valence-electron chi connectivity index (χ1n) is 6.86. The maximum atomic E-state index is 12.1. The molecule has 1 aliphatic rings. The lowest BCUT2D eigenvalue weighted by atomic mass is 9.75. The van der Waals surface area contributed by atoms with Crippen LogP contribution in [0.1, 0.15) is 51.4 Å². The maximum absolute atomic E-state index is 12.1. The minimum atomic E-state index is -0.566. The Morgan fingerprint density at radius 1 is 1.20 bits per heavy atom. The van der Waals surface area contributed by atoms with Crippen molar-refractivity contribution < 1.29 is 14.1 Å². The van der Waals surface area contributed by atoms with Crippen molar-refractivity contribution in [3.05, 3.63) is 28.8 Å². The number of hydrogen-bond donors (Lipinski definition) is 0. The van der Waals surface area contributed by atoms with Crippen LogP contribution in [0.4, 0.5) is 0 Å². The van der Waals surface area contributed by atoms with Gasteiger partial charge in [0.1, 0.15) is 0 Å². The molecule has 0 saturated carbocycles. The molecule has 0 bridgehead atoms. The maximum Gasteiger partial charge on any atom is 0.495 e. The fourth-order valence-corrected chi connectivity index (χ4v) is 2.32. The van der Waals surface area contributed by atoms with Crippen LogP contribution in [0.2, 0.25) is 5.02 Å². The van der Waals surface area contributed by atoms with Gasteiger partial charge in [0.05, 0.1) is 11.2 Å². The molecule has 0 N–H and O–H groups in total. The highest BCUT2D eigenvalue weighted by Crippen LogP contribution is 2.36. The summed E-state index contributed by atoms with van der Waals surface area (Å²) in [6.07, 6.45) is 0.439. The minimum Gasteiger partial charge on any atom is -0.399 e. The Bertz CT molecular complexity index is 524. The molecule has 0 unspecified atom stereocenters. The number of benzene rings is 1. The van der Waals surface area contributed by atoms with E-state index in [-0.39, 0.29) is 5.78 Å². The Kier molecular flexibility index (Phi) is 4.02. The second kappa shape index (κ2) is 5.17. The van der Waals surface area contributed by atoms with Crippen molar-refractivity contribution in [3.8, 4) is 0 Å². The van der Waals surface area contributed by atoms with E-state index in [0.717, 1.165) is 0 Å². The Labute approximate surface area is 125 Å². The molecule has 108 valence electrons. The van der Waals surface area contributed by atoms with Crippen LogP contribution in [0.25, 0.3) is 0 Å². The second-order valence-corrected chi connectivity index (χ2v) is 6.53. The fourth-order valence-electron chi connectivity index (χ4n) is 2.14. The minimum absolute atomic E-state index is 0.0615. The van der Waals surface area contributed by atoms with E-state index in [1.54, 1.807) is 18.2 Å². The molecule has 1 aromatic carbocycles. The monoisotopic (exact) mass is 294 g/mol. The lowest BCUT2D eigenvalue weighted by Gasteiger charge is -2.32. The third-order valence-corrected chi connectivity index (χ3v) is 4.38. The molecule has 1 aliphatic heterocycles.